The Bertz CT molecular complexity index is 504. The molecule has 0 N–H and O–H groups in total. The molecule has 0 saturated heterocycles. The summed E-state index contributed by atoms with van der Waals surface area (Å²) in [4.78, 5) is 16.7. The van der Waals surface area contributed by atoms with E-state index < -0.39 is 0 Å². The number of aromatic nitrogens is 1. The third-order valence-corrected chi connectivity index (χ3v) is 3.88. The number of carbonyl (C=O) groups is 1. The van der Waals surface area contributed by atoms with Crippen molar-refractivity contribution in [1.82, 2.24) is 4.98 Å². The number of ether oxygens (including phenoxy) is 1. The van der Waals surface area contributed by atoms with E-state index in [2.05, 4.69) is 17.6 Å². The molecule has 3 nitrogen and oxygen atoms in total. The van der Waals surface area contributed by atoms with Crippen molar-refractivity contribution < 1.29 is 9.53 Å². The summed E-state index contributed by atoms with van der Waals surface area (Å²) in [7, 11) is 0. The molecular weight excluding hydrogens is 262 g/mol. The maximum atomic E-state index is 11.6. The Balaban J connectivity index is 2.36. The van der Waals surface area contributed by atoms with Gasteiger partial charge in [-0.1, -0.05) is 0 Å². The van der Waals surface area contributed by atoms with E-state index in [9.17, 15) is 4.79 Å². The van der Waals surface area contributed by atoms with Crippen LogP contribution in [0.4, 0.5) is 0 Å². The molecule has 6 heteroatoms. The van der Waals surface area contributed by atoms with E-state index >= 15 is 0 Å². The summed E-state index contributed by atoms with van der Waals surface area (Å²) in [5.74, 6) is -0.299. The zero-order valence-electron chi connectivity index (χ0n) is 8.47. The molecule has 0 aromatic carbocycles. The lowest BCUT2D eigenvalue weighted by Crippen LogP contribution is -2.04. The van der Waals surface area contributed by atoms with Gasteiger partial charge in [0.05, 0.1) is 22.7 Å². The maximum Gasteiger partial charge on any atom is 0.339 e. The van der Waals surface area contributed by atoms with Gasteiger partial charge in [-0.15, -0.1) is 35.3 Å². The summed E-state index contributed by atoms with van der Waals surface area (Å²) >= 11 is 7.08. The second-order valence-corrected chi connectivity index (χ2v) is 5.40. The summed E-state index contributed by atoms with van der Waals surface area (Å²) < 4.78 is 5.67. The molecule has 2 aromatic heterocycles. The quantitative estimate of drug-likeness (QED) is 0.687. The number of thiazole rings is 1. The van der Waals surface area contributed by atoms with Crippen LogP contribution in [0, 0.1) is 0 Å². The first-order valence-electron chi connectivity index (χ1n) is 4.62. The van der Waals surface area contributed by atoms with Gasteiger partial charge in [-0.2, -0.15) is 0 Å². The number of carbonyl (C=O) groups excluding carboxylic acids is 1. The highest BCUT2D eigenvalue weighted by molar-refractivity contribution is 7.82. The first kappa shape index (κ1) is 11.6. The van der Waals surface area contributed by atoms with Gasteiger partial charge in [-0.3, -0.25) is 0 Å². The Labute approximate surface area is 107 Å². The summed E-state index contributed by atoms with van der Waals surface area (Å²) in [5, 5.41) is 3.75. The van der Waals surface area contributed by atoms with E-state index in [0.717, 1.165) is 10.6 Å². The van der Waals surface area contributed by atoms with Gasteiger partial charge in [0.1, 0.15) is 4.34 Å². The minimum absolute atomic E-state index is 0.299. The topological polar surface area (TPSA) is 39.2 Å². The number of hydrogen-bond acceptors (Lipinski definition) is 6. The summed E-state index contributed by atoms with van der Waals surface area (Å²) in [5.41, 5.74) is 1.36. The lowest BCUT2D eigenvalue weighted by atomic mass is 10.2. The predicted molar refractivity (Wildman–Crippen MR) is 68.6 cm³/mol. The van der Waals surface area contributed by atoms with Gasteiger partial charge in [-0.05, 0) is 18.4 Å². The Hall–Kier alpha value is -0.850. The number of thiophene rings is 1. The zero-order chi connectivity index (χ0) is 11.5. The van der Waals surface area contributed by atoms with Crippen molar-refractivity contribution in [2.45, 2.75) is 11.3 Å². The normalized spacial score (nSPS) is 10.4. The Kier molecular flexibility index (Phi) is 3.63. The van der Waals surface area contributed by atoms with Crippen LogP contribution in [0.3, 0.4) is 0 Å². The second kappa shape index (κ2) is 4.99. The van der Waals surface area contributed by atoms with Gasteiger partial charge in [-0.25, -0.2) is 9.78 Å². The minimum atomic E-state index is -0.299. The molecule has 84 valence electrons. The number of nitrogens with zero attached hydrogens (tertiary/aromatic N) is 1. The summed E-state index contributed by atoms with van der Waals surface area (Å²) in [6, 6.07) is 1.76. The minimum Gasteiger partial charge on any atom is -0.462 e. The van der Waals surface area contributed by atoms with E-state index in [-0.39, 0.29) is 5.97 Å². The molecule has 0 fully saturated rings. The van der Waals surface area contributed by atoms with Gasteiger partial charge >= 0.3 is 5.97 Å². The fourth-order valence-corrected chi connectivity index (χ4v) is 2.97. The molecule has 0 bridgehead atoms. The first-order valence-corrected chi connectivity index (χ1v) is 6.82. The highest BCUT2D eigenvalue weighted by Gasteiger charge is 2.16. The highest BCUT2D eigenvalue weighted by atomic mass is 32.2. The summed E-state index contributed by atoms with van der Waals surface area (Å²) in [6.45, 7) is 2.17. The largest absolute Gasteiger partial charge is 0.462 e. The van der Waals surface area contributed by atoms with Gasteiger partial charge in [0.25, 0.3) is 0 Å². The monoisotopic (exact) mass is 271 g/mol. The Morgan fingerprint density at radius 2 is 2.38 bits per heavy atom. The number of thiol groups is 1. The van der Waals surface area contributed by atoms with Crippen molar-refractivity contribution in [3.8, 4) is 10.6 Å². The van der Waals surface area contributed by atoms with Gasteiger partial charge < -0.3 is 4.74 Å². The highest BCUT2D eigenvalue weighted by Crippen LogP contribution is 2.31. The van der Waals surface area contributed by atoms with Crippen molar-refractivity contribution >= 4 is 41.3 Å². The molecule has 0 unspecified atom stereocenters. The third-order valence-electron chi connectivity index (χ3n) is 1.89. The zero-order valence-corrected chi connectivity index (χ0v) is 11.0. The van der Waals surface area contributed by atoms with E-state index in [4.69, 9.17) is 4.74 Å². The first-order chi connectivity index (χ1) is 7.72. The number of rotatable bonds is 3. The van der Waals surface area contributed by atoms with Crippen molar-refractivity contribution in [2.75, 3.05) is 6.61 Å². The molecule has 0 spiro atoms. The molecule has 0 atom stereocenters. The lowest BCUT2D eigenvalue weighted by molar-refractivity contribution is 0.0528. The average Bonchev–Trinajstić information content (AvgIpc) is 2.85. The molecule has 2 aromatic rings. The van der Waals surface area contributed by atoms with E-state index in [1.165, 1.54) is 22.7 Å². The van der Waals surface area contributed by atoms with E-state index in [0.29, 0.717) is 16.5 Å². The molecule has 0 amide bonds. The van der Waals surface area contributed by atoms with Crippen molar-refractivity contribution in [3.63, 3.8) is 0 Å². The molecule has 2 rings (SSSR count). The smallest absolute Gasteiger partial charge is 0.339 e. The molecule has 0 radical (unpaired) electrons. The van der Waals surface area contributed by atoms with E-state index in [1.807, 2.05) is 10.8 Å². The number of esters is 1. The standard InChI is InChI=1S/C10H9NO2S3/c1-2-13-9(12)6-3-4-15-8(6)7-5-16-10(14)11-7/h3-5H,2H2,1H3,(H,11,14). The Morgan fingerprint density at radius 1 is 1.56 bits per heavy atom. The molecule has 2 heterocycles. The van der Waals surface area contributed by atoms with Crippen LogP contribution in [0.25, 0.3) is 10.6 Å². The molecular formula is C10H9NO2S3. The van der Waals surface area contributed by atoms with Crippen LogP contribution < -0.4 is 0 Å². The average molecular weight is 271 g/mol. The summed E-state index contributed by atoms with van der Waals surface area (Å²) in [6.07, 6.45) is 0. The molecule has 0 aliphatic carbocycles. The van der Waals surface area contributed by atoms with Crippen LogP contribution >= 0.6 is 35.3 Å². The van der Waals surface area contributed by atoms with Crippen LogP contribution in [-0.4, -0.2) is 17.6 Å². The SMILES string of the molecule is CCOC(=O)c1ccsc1-c1csc(S)n1. The van der Waals surface area contributed by atoms with Crippen LogP contribution in [0.15, 0.2) is 21.2 Å². The maximum absolute atomic E-state index is 11.6. The van der Waals surface area contributed by atoms with Gasteiger partial charge in [0.2, 0.25) is 0 Å². The van der Waals surface area contributed by atoms with Crippen LogP contribution in [0.2, 0.25) is 0 Å². The van der Waals surface area contributed by atoms with Crippen molar-refractivity contribution in [1.29, 1.82) is 0 Å². The third kappa shape index (κ3) is 2.28. The number of hydrogen-bond donors (Lipinski definition) is 1. The van der Waals surface area contributed by atoms with Gasteiger partial charge in [0, 0.05) is 5.38 Å². The van der Waals surface area contributed by atoms with Crippen molar-refractivity contribution in [2.24, 2.45) is 0 Å². The predicted octanol–water partition coefficient (Wildman–Crippen LogP) is 3.34. The van der Waals surface area contributed by atoms with Crippen LogP contribution in [0.1, 0.15) is 17.3 Å². The Morgan fingerprint density at radius 3 is 3.00 bits per heavy atom. The van der Waals surface area contributed by atoms with Crippen LogP contribution in [0.5, 0.6) is 0 Å². The lowest BCUT2D eigenvalue weighted by Gasteiger charge is -2.01. The molecule has 0 aliphatic rings. The van der Waals surface area contributed by atoms with Gasteiger partial charge in [0.15, 0.2) is 0 Å². The molecule has 0 aliphatic heterocycles. The molecule has 16 heavy (non-hydrogen) atoms. The fraction of sp³-hybridized carbons (Fsp3) is 0.200. The fourth-order valence-electron chi connectivity index (χ4n) is 1.25. The van der Waals surface area contributed by atoms with E-state index in [1.54, 1.807) is 13.0 Å². The van der Waals surface area contributed by atoms with Crippen LogP contribution in [-0.2, 0) is 4.74 Å². The second-order valence-electron chi connectivity index (χ2n) is 2.90. The van der Waals surface area contributed by atoms with Crippen molar-refractivity contribution in [3.05, 3.63) is 22.4 Å². The molecule has 0 saturated carbocycles.